The predicted molar refractivity (Wildman–Crippen MR) is 112 cm³/mol. The van der Waals surface area contributed by atoms with Gasteiger partial charge in [-0.05, 0) is 56.2 Å². The number of anilines is 2. The maximum atomic E-state index is 13.0. The van der Waals surface area contributed by atoms with Gasteiger partial charge in [-0.3, -0.25) is 4.79 Å². The van der Waals surface area contributed by atoms with Gasteiger partial charge >= 0.3 is 0 Å². The van der Waals surface area contributed by atoms with Crippen molar-refractivity contribution >= 4 is 17.4 Å². The van der Waals surface area contributed by atoms with Gasteiger partial charge < -0.3 is 10.2 Å². The Morgan fingerprint density at radius 3 is 2.48 bits per heavy atom. The Kier molecular flexibility index (Phi) is 5.51. The second kappa shape index (κ2) is 8.39. The van der Waals surface area contributed by atoms with Crippen molar-refractivity contribution < 1.29 is 9.18 Å². The van der Waals surface area contributed by atoms with Crippen LogP contribution < -0.4 is 10.2 Å². The Morgan fingerprint density at radius 2 is 1.79 bits per heavy atom. The first-order valence-electron chi connectivity index (χ1n) is 9.80. The van der Waals surface area contributed by atoms with E-state index < -0.39 is 0 Å². The Balaban J connectivity index is 1.41. The average molecular weight is 390 g/mol. The molecule has 0 saturated carbocycles. The number of halogens is 1. The molecule has 1 N–H and O–H groups in total. The summed E-state index contributed by atoms with van der Waals surface area (Å²) in [5, 5.41) is 11.6. The fraction of sp³-hybridized carbons (Fsp3) is 0.261. The van der Waals surface area contributed by atoms with Gasteiger partial charge in [-0.1, -0.05) is 29.8 Å². The first kappa shape index (κ1) is 19.1. The van der Waals surface area contributed by atoms with Crippen LogP contribution in [0.25, 0.3) is 11.3 Å². The molecule has 29 heavy (non-hydrogen) atoms. The lowest BCUT2D eigenvalue weighted by molar-refractivity contribution is -0.120. The normalized spacial score (nSPS) is 16.5. The number of hydrogen-bond acceptors (Lipinski definition) is 4. The maximum Gasteiger partial charge on any atom is 0.229 e. The largest absolute Gasteiger partial charge is 0.354 e. The van der Waals surface area contributed by atoms with Crippen LogP contribution in [0, 0.1) is 18.7 Å². The van der Waals surface area contributed by atoms with E-state index in [2.05, 4.69) is 39.5 Å². The van der Waals surface area contributed by atoms with E-state index in [4.69, 9.17) is 0 Å². The van der Waals surface area contributed by atoms with Crippen LogP contribution in [0.5, 0.6) is 0 Å². The number of rotatable bonds is 4. The first-order valence-corrected chi connectivity index (χ1v) is 9.80. The average Bonchev–Trinajstić information content (AvgIpc) is 2.76. The van der Waals surface area contributed by atoms with Crippen molar-refractivity contribution in [3.63, 3.8) is 0 Å². The van der Waals surface area contributed by atoms with E-state index >= 15 is 0 Å². The molecule has 6 heteroatoms. The number of carbonyl (C=O) groups excluding carboxylic acids is 1. The van der Waals surface area contributed by atoms with E-state index in [0.29, 0.717) is 12.2 Å². The topological polar surface area (TPSA) is 58.1 Å². The third kappa shape index (κ3) is 4.59. The molecule has 0 unspecified atom stereocenters. The molecule has 1 atom stereocenters. The van der Waals surface area contributed by atoms with Crippen molar-refractivity contribution in [1.29, 1.82) is 0 Å². The van der Waals surface area contributed by atoms with Gasteiger partial charge in [-0.2, -0.15) is 0 Å². The fourth-order valence-corrected chi connectivity index (χ4v) is 3.55. The summed E-state index contributed by atoms with van der Waals surface area (Å²) in [7, 11) is 0. The number of aromatic nitrogens is 2. The zero-order valence-electron chi connectivity index (χ0n) is 16.3. The Labute approximate surface area is 169 Å². The molecule has 1 aliphatic heterocycles. The molecule has 5 nitrogen and oxygen atoms in total. The quantitative estimate of drug-likeness (QED) is 0.715. The third-order valence-corrected chi connectivity index (χ3v) is 5.23. The highest BCUT2D eigenvalue weighted by atomic mass is 19.1. The van der Waals surface area contributed by atoms with E-state index in [1.807, 2.05) is 24.3 Å². The molecular formula is C23H23FN4O. The minimum atomic E-state index is -0.320. The molecule has 1 aromatic heterocycles. The number of benzene rings is 2. The first-order chi connectivity index (χ1) is 14.1. The van der Waals surface area contributed by atoms with E-state index in [9.17, 15) is 9.18 Å². The molecule has 1 saturated heterocycles. The zero-order valence-corrected chi connectivity index (χ0v) is 16.3. The Hall–Kier alpha value is -3.28. The van der Waals surface area contributed by atoms with Crippen molar-refractivity contribution in [2.24, 2.45) is 5.92 Å². The Bertz CT molecular complexity index is 971. The summed E-state index contributed by atoms with van der Waals surface area (Å²) in [5.74, 6) is 0.262. The van der Waals surface area contributed by atoms with Crippen molar-refractivity contribution in [3.05, 3.63) is 72.0 Å². The summed E-state index contributed by atoms with van der Waals surface area (Å²) >= 11 is 0. The number of nitrogens with zero attached hydrogens (tertiary/aromatic N) is 3. The predicted octanol–water partition coefficient (Wildman–Crippen LogP) is 4.45. The summed E-state index contributed by atoms with van der Waals surface area (Å²) in [6.07, 6.45) is 1.72. The van der Waals surface area contributed by atoms with Crippen LogP contribution >= 0.6 is 0 Å². The maximum absolute atomic E-state index is 13.0. The summed E-state index contributed by atoms with van der Waals surface area (Å²) in [5.41, 5.74) is 3.67. The van der Waals surface area contributed by atoms with Crippen molar-refractivity contribution in [2.75, 3.05) is 23.3 Å². The van der Waals surface area contributed by atoms with Crippen LogP contribution in [0.3, 0.4) is 0 Å². The summed E-state index contributed by atoms with van der Waals surface area (Å²) in [6.45, 7) is 3.49. The van der Waals surface area contributed by atoms with E-state index in [-0.39, 0.29) is 17.6 Å². The lowest BCUT2D eigenvalue weighted by Crippen LogP contribution is -2.41. The molecule has 0 spiro atoms. The second-order valence-electron chi connectivity index (χ2n) is 7.42. The summed E-state index contributed by atoms with van der Waals surface area (Å²) < 4.78 is 13.0. The molecule has 1 fully saturated rings. The Morgan fingerprint density at radius 1 is 1.03 bits per heavy atom. The van der Waals surface area contributed by atoms with Gasteiger partial charge in [0, 0.05) is 24.3 Å². The number of carbonyl (C=O) groups is 1. The van der Waals surface area contributed by atoms with Crippen molar-refractivity contribution in [2.45, 2.75) is 19.8 Å². The number of piperidine rings is 1. The minimum Gasteiger partial charge on any atom is -0.354 e. The molecule has 4 rings (SSSR count). The SMILES string of the molecule is Cc1ccc(-c2ccc(N3CCC[C@@H](C(=O)Nc4ccc(F)cc4)C3)nn2)cc1. The van der Waals surface area contributed by atoms with Crippen LogP contribution in [0.15, 0.2) is 60.7 Å². The van der Waals surface area contributed by atoms with E-state index in [0.717, 1.165) is 36.5 Å². The number of aryl methyl sites for hydroxylation is 1. The van der Waals surface area contributed by atoms with Crippen molar-refractivity contribution in [1.82, 2.24) is 10.2 Å². The van der Waals surface area contributed by atoms with Crippen molar-refractivity contribution in [3.8, 4) is 11.3 Å². The van der Waals surface area contributed by atoms with Crippen LogP contribution in [-0.2, 0) is 4.79 Å². The lowest BCUT2D eigenvalue weighted by Gasteiger charge is -2.32. The molecule has 148 valence electrons. The minimum absolute atomic E-state index is 0.0504. The molecular weight excluding hydrogens is 367 g/mol. The van der Waals surface area contributed by atoms with Crippen LogP contribution in [0.2, 0.25) is 0 Å². The monoisotopic (exact) mass is 390 g/mol. The molecule has 1 aliphatic rings. The molecule has 0 radical (unpaired) electrons. The van der Waals surface area contributed by atoms with Crippen LogP contribution in [0.4, 0.5) is 15.9 Å². The van der Waals surface area contributed by atoms with Gasteiger partial charge in [-0.25, -0.2) is 4.39 Å². The third-order valence-electron chi connectivity index (χ3n) is 5.23. The molecule has 0 aliphatic carbocycles. The lowest BCUT2D eigenvalue weighted by atomic mass is 9.97. The van der Waals surface area contributed by atoms with Gasteiger partial charge in [0.15, 0.2) is 5.82 Å². The van der Waals surface area contributed by atoms with Crippen LogP contribution in [0.1, 0.15) is 18.4 Å². The summed E-state index contributed by atoms with van der Waals surface area (Å²) in [6, 6.07) is 17.9. The van der Waals surface area contributed by atoms with Crippen LogP contribution in [-0.4, -0.2) is 29.2 Å². The molecule has 1 amide bonds. The highest BCUT2D eigenvalue weighted by Gasteiger charge is 2.26. The van der Waals surface area contributed by atoms with E-state index in [1.165, 1.54) is 17.7 Å². The van der Waals surface area contributed by atoms with Gasteiger partial charge in [0.25, 0.3) is 0 Å². The molecule has 0 bridgehead atoms. The van der Waals surface area contributed by atoms with E-state index in [1.54, 1.807) is 12.1 Å². The van der Waals surface area contributed by atoms with Gasteiger partial charge in [-0.15, -0.1) is 10.2 Å². The number of amides is 1. The molecule has 3 aromatic rings. The highest BCUT2D eigenvalue weighted by molar-refractivity contribution is 5.93. The van der Waals surface area contributed by atoms with Gasteiger partial charge in [0.2, 0.25) is 5.91 Å². The smallest absolute Gasteiger partial charge is 0.229 e. The number of hydrogen-bond donors (Lipinski definition) is 1. The number of nitrogens with one attached hydrogen (secondary N) is 1. The fourth-order valence-electron chi connectivity index (χ4n) is 3.55. The standard InChI is InChI=1S/C23H23FN4O/c1-16-4-6-17(7-5-16)21-12-13-22(27-26-21)28-14-2-3-18(15-28)23(29)25-20-10-8-19(24)9-11-20/h4-13,18H,2-3,14-15H2,1H3,(H,25,29)/t18-/m1/s1. The molecule has 2 heterocycles. The second-order valence-corrected chi connectivity index (χ2v) is 7.42. The van der Waals surface area contributed by atoms with Gasteiger partial charge in [0.05, 0.1) is 11.6 Å². The highest BCUT2D eigenvalue weighted by Crippen LogP contribution is 2.24. The molecule has 2 aromatic carbocycles. The van der Waals surface area contributed by atoms with Gasteiger partial charge in [0.1, 0.15) is 5.82 Å². The zero-order chi connectivity index (χ0) is 20.2. The summed E-state index contributed by atoms with van der Waals surface area (Å²) in [4.78, 5) is 14.7.